The van der Waals surface area contributed by atoms with E-state index >= 15 is 0 Å². The van der Waals surface area contributed by atoms with Crippen LogP contribution in [0.5, 0.6) is 0 Å². The average molecular weight is 688 g/mol. The molecule has 1 heterocycles. The molecule has 13 nitrogen and oxygen atoms in total. The Morgan fingerprint density at radius 1 is 0.918 bits per heavy atom. The van der Waals surface area contributed by atoms with E-state index in [-0.39, 0.29) is 24.6 Å². The van der Waals surface area contributed by atoms with E-state index < -0.39 is 100 Å². The van der Waals surface area contributed by atoms with Crippen LogP contribution in [0, 0.1) is 34.5 Å². The molecule has 1 aromatic rings. The van der Waals surface area contributed by atoms with Crippen molar-refractivity contribution in [1.29, 1.82) is 0 Å². The van der Waals surface area contributed by atoms with Crippen LogP contribution in [0.25, 0.3) is 0 Å². The number of likely N-dealkylation sites (tertiary alicyclic amines) is 1. The lowest BCUT2D eigenvalue weighted by molar-refractivity contribution is -0.321. The summed E-state index contributed by atoms with van der Waals surface area (Å²) in [5.41, 5.74) is -4.91. The zero-order chi connectivity index (χ0) is 35.3. The van der Waals surface area contributed by atoms with Crippen LogP contribution in [-0.2, 0) is 42.7 Å². The number of aliphatic hydroxyl groups is 2. The molecular formula is C36H49NO12. The number of esters is 3. The summed E-state index contributed by atoms with van der Waals surface area (Å²) in [7, 11) is 6.26. The van der Waals surface area contributed by atoms with Gasteiger partial charge in [-0.1, -0.05) is 25.1 Å². The van der Waals surface area contributed by atoms with Crippen molar-refractivity contribution in [2.75, 3.05) is 48.1 Å². The molecule has 13 heteroatoms. The molecule has 1 saturated heterocycles. The maximum absolute atomic E-state index is 13.9. The molecule has 7 bridgehead atoms. The van der Waals surface area contributed by atoms with Crippen molar-refractivity contribution in [3.05, 3.63) is 35.9 Å². The van der Waals surface area contributed by atoms with Gasteiger partial charge in [0.15, 0.2) is 11.7 Å². The fourth-order valence-electron chi connectivity index (χ4n) is 12.6. The first kappa shape index (κ1) is 34.8. The molecule has 0 unspecified atom stereocenters. The topological polar surface area (TPSA) is 160 Å². The first-order valence-corrected chi connectivity index (χ1v) is 17.2. The Labute approximate surface area is 286 Å². The van der Waals surface area contributed by atoms with Crippen LogP contribution in [0.15, 0.2) is 30.3 Å². The van der Waals surface area contributed by atoms with Gasteiger partial charge in [0, 0.05) is 89.9 Å². The van der Waals surface area contributed by atoms with Crippen molar-refractivity contribution in [3.8, 4) is 0 Å². The molecule has 7 rings (SSSR count). The Hall–Kier alpha value is -2.65. The predicted molar refractivity (Wildman–Crippen MR) is 170 cm³/mol. The van der Waals surface area contributed by atoms with Crippen molar-refractivity contribution in [3.63, 3.8) is 0 Å². The normalized spacial score (nSPS) is 47.4. The van der Waals surface area contributed by atoms with E-state index in [1.165, 1.54) is 21.0 Å². The zero-order valence-electron chi connectivity index (χ0n) is 29.2. The summed E-state index contributed by atoms with van der Waals surface area (Å²) < 4.78 is 43.7. The summed E-state index contributed by atoms with van der Waals surface area (Å²) >= 11 is 0. The van der Waals surface area contributed by atoms with Gasteiger partial charge in [0.2, 0.25) is 0 Å². The van der Waals surface area contributed by atoms with E-state index in [0.29, 0.717) is 19.5 Å². The molecule has 0 amide bonds. The minimum absolute atomic E-state index is 0.108. The first-order chi connectivity index (χ1) is 23.4. The highest BCUT2D eigenvalue weighted by Gasteiger charge is 2.92. The molecule has 2 N–H and O–H groups in total. The monoisotopic (exact) mass is 687 g/mol. The number of nitrogens with zero attached hydrogens (tertiary/aromatic N) is 1. The highest BCUT2D eigenvalue weighted by Crippen LogP contribution is 2.80. The molecule has 1 aromatic carbocycles. The number of hydrogen-bond donors (Lipinski definition) is 2. The summed E-state index contributed by atoms with van der Waals surface area (Å²) in [4.78, 5) is 41.9. The Kier molecular flexibility index (Phi) is 8.49. The van der Waals surface area contributed by atoms with E-state index in [1.54, 1.807) is 51.7 Å². The number of rotatable bonds is 10. The molecule has 15 atom stereocenters. The lowest BCUT2D eigenvalue weighted by Crippen LogP contribution is -2.81. The van der Waals surface area contributed by atoms with Gasteiger partial charge in [-0.3, -0.25) is 14.5 Å². The van der Waals surface area contributed by atoms with E-state index in [2.05, 4.69) is 4.90 Å². The molecule has 6 fully saturated rings. The van der Waals surface area contributed by atoms with Crippen LogP contribution >= 0.6 is 0 Å². The lowest BCUT2D eigenvalue weighted by atomic mass is 9.42. The fraction of sp³-hybridized carbons (Fsp3) is 0.750. The van der Waals surface area contributed by atoms with Crippen LogP contribution in [0.2, 0.25) is 0 Å². The average Bonchev–Trinajstić information content (AvgIpc) is 3.46. The Balaban J connectivity index is 1.52. The third-order valence-corrected chi connectivity index (χ3v) is 13.5. The molecule has 5 saturated carbocycles. The van der Waals surface area contributed by atoms with E-state index in [4.69, 9.17) is 33.2 Å². The van der Waals surface area contributed by atoms with Crippen LogP contribution in [0.3, 0.4) is 0 Å². The van der Waals surface area contributed by atoms with E-state index in [9.17, 15) is 24.6 Å². The Morgan fingerprint density at radius 3 is 2.20 bits per heavy atom. The molecule has 1 aliphatic heterocycles. The third-order valence-electron chi connectivity index (χ3n) is 13.5. The summed E-state index contributed by atoms with van der Waals surface area (Å²) in [5.74, 6) is -4.32. The summed E-state index contributed by atoms with van der Waals surface area (Å²) in [6.07, 6.45) is -5.35. The first-order valence-electron chi connectivity index (χ1n) is 17.2. The number of methoxy groups -OCH3 is 4. The maximum Gasteiger partial charge on any atom is 0.338 e. The number of hydrogen-bond acceptors (Lipinski definition) is 13. The quantitative estimate of drug-likeness (QED) is 0.267. The smallest absolute Gasteiger partial charge is 0.338 e. The van der Waals surface area contributed by atoms with Gasteiger partial charge in [0.25, 0.3) is 0 Å². The third kappa shape index (κ3) is 4.21. The van der Waals surface area contributed by atoms with Gasteiger partial charge in [-0.25, -0.2) is 4.79 Å². The number of fused-ring (bicyclic) bond motifs is 2. The molecule has 0 aromatic heterocycles. The number of benzene rings is 1. The second kappa shape index (κ2) is 12.0. The van der Waals surface area contributed by atoms with Gasteiger partial charge >= 0.3 is 17.9 Å². The number of piperidine rings is 1. The molecule has 6 aliphatic rings. The summed E-state index contributed by atoms with van der Waals surface area (Å²) in [6.45, 7) is 5.99. The SMILES string of the molecule is CCN1C[C@@]2(COC)[C@H]3[C@@H](OC)[C@H]4[C@@H]1[C@]3([C@@H](OC)C[C@H]2OC(C)=O)[C@@H]1C[C@@]2(OC(C)=O)[C@H](OC(=O)c3ccccc3)[C@@H]1[C@]4(O)[C@@H](O)[C@@H]2OC. The van der Waals surface area contributed by atoms with E-state index in [0.717, 1.165) is 0 Å². The molecular weight excluding hydrogens is 638 g/mol. The van der Waals surface area contributed by atoms with Gasteiger partial charge in [0.05, 0.1) is 24.4 Å². The largest absolute Gasteiger partial charge is 0.462 e. The molecule has 49 heavy (non-hydrogen) atoms. The van der Waals surface area contributed by atoms with Crippen LogP contribution < -0.4 is 0 Å². The van der Waals surface area contributed by atoms with Gasteiger partial charge in [-0.2, -0.15) is 0 Å². The van der Waals surface area contributed by atoms with Crippen molar-refractivity contribution < 1.29 is 57.8 Å². The summed E-state index contributed by atoms with van der Waals surface area (Å²) in [5, 5.41) is 26.0. The molecule has 270 valence electrons. The fourth-order valence-corrected chi connectivity index (χ4v) is 12.6. The molecule has 5 aliphatic carbocycles. The second-order valence-corrected chi connectivity index (χ2v) is 15.0. The van der Waals surface area contributed by atoms with Gasteiger partial charge in [0.1, 0.15) is 23.9 Å². The minimum Gasteiger partial charge on any atom is -0.462 e. The van der Waals surface area contributed by atoms with E-state index in [1.807, 2.05) is 6.92 Å². The minimum atomic E-state index is -1.94. The van der Waals surface area contributed by atoms with Gasteiger partial charge in [-0.15, -0.1) is 0 Å². The number of aliphatic hydroxyl groups excluding tert-OH is 1. The maximum atomic E-state index is 13.9. The number of carbonyl (C=O) groups is 3. The van der Waals surface area contributed by atoms with Crippen LogP contribution in [0.4, 0.5) is 0 Å². The van der Waals surface area contributed by atoms with Crippen molar-refractivity contribution >= 4 is 17.9 Å². The van der Waals surface area contributed by atoms with Crippen molar-refractivity contribution in [2.24, 2.45) is 34.5 Å². The Morgan fingerprint density at radius 2 is 1.63 bits per heavy atom. The van der Waals surface area contributed by atoms with Gasteiger partial charge in [-0.05, 0) is 31.0 Å². The standard InChI is InChI=1S/C36H49NO12/c1-8-37-16-33(17-43-4)22(47-18(2)38)14-23(44-5)35-21-15-34(49-19(3)39)30(48-32(41)20-12-10-9-11-13-20)24(21)36(42,29(40)31(34)46-7)25(28(35)37)26(45-6)27(33)35/h9-13,21-31,40,42H,8,14-17H2,1-7H3/t21-,22-,23+,24-,25+,26+,27-,28-,29+,30-,31+,33+,34-,35+,36-/m1/s1. The lowest BCUT2D eigenvalue weighted by Gasteiger charge is -2.70. The Bertz CT molecular complexity index is 1480. The highest BCUT2D eigenvalue weighted by atomic mass is 16.6. The van der Waals surface area contributed by atoms with Crippen molar-refractivity contribution in [1.82, 2.24) is 4.90 Å². The highest BCUT2D eigenvalue weighted by molar-refractivity contribution is 5.89. The number of ether oxygens (including phenoxy) is 7. The van der Waals surface area contributed by atoms with Gasteiger partial charge < -0.3 is 43.4 Å². The number of carbonyl (C=O) groups excluding carboxylic acids is 3. The van der Waals surface area contributed by atoms with Crippen molar-refractivity contribution in [2.45, 2.75) is 87.5 Å². The molecule has 1 spiro atoms. The van der Waals surface area contributed by atoms with Crippen LogP contribution in [0.1, 0.15) is 44.0 Å². The summed E-state index contributed by atoms with van der Waals surface area (Å²) in [6, 6.07) is 8.12. The zero-order valence-corrected chi connectivity index (χ0v) is 29.2. The second-order valence-electron chi connectivity index (χ2n) is 15.0. The predicted octanol–water partition coefficient (Wildman–Crippen LogP) is 1.22. The molecule has 0 radical (unpaired) electrons. The van der Waals surface area contributed by atoms with Crippen LogP contribution in [-0.4, -0.2) is 135 Å².